The van der Waals surface area contributed by atoms with Crippen LogP contribution in [0.3, 0.4) is 0 Å². The van der Waals surface area contributed by atoms with Crippen molar-refractivity contribution < 1.29 is 19.1 Å². The molecule has 2 aliphatic rings. The maximum Gasteiger partial charge on any atom is 0.313 e. The molecular weight excluding hydrogens is 544 g/mol. The number of piperidine rings is 1. The number of carbonyl (C=O) groups excluding carboxylic acids is 3. The van der Waals surface area contributed by atoms with Crippen molar-refractivity contribution in [1.82, 2.24) is 24.6 Å². The minimum Gasteiger partial charge on any atom is -0.460 e. The van der Waals surface area contributed by atoms with Crippen LogP contribution in [0.15, 0.2) is 36.7 Å². The summed E-state index contributed by atoms with van der Waals surface area (Å²) in [4.78, 5) is 47.8. The number of benzene rings is 1. The monoisotopic (exact) mass is 588 g/mol. The summed E-state index contributed by atoms with van der Waals surface area (Å²) >= 11 is 0. The van der Waals surface area contributed by atoms with Crippen molar-refractivity contribution in [3.63, 3.8) is 0 Å². The van der Waals surface area contributed by atoms with Crippen molar-refractivity contribution in [3.8, 4) is 0 Å². The van der Waals surface area contributed by atoms with E-state index < -0.39 is 17.4 Å². The molecule has 1 aliphatic heterocycles. The molecule has 1 aliphatic carbocycles. The van der Waals surface area contributed by atoms with E-state index in [9.17, 15) is 14.4 Å². The fourth-order valence-corrected chi connectivity index (χ4v) is 5.75. The number of anilines is 1. The van der Waals surface area contributed by atoms with Crippen molar-refractivity contribution in [3.05, 3.63) is 53.5 Å². The van der Waals surface area contributed by atoms with Crippen molar-refractivity contribution in [2.24, 2.45) is 5.92 Å². The molecule has 1 saturated heterocycles. The molecule has 10 heteroatoms. The van der Waals surface area contributed by atoms with Crippen molar-refractivity contribution in [2.45, 2.75) is 83.9 Å². The van der Waals surface area contributed by atoms with Crippen LogP contribution in [0, 0.1) is 5.92 Å². The number of hydrogen-bond donors (Lipinski definition) is 1. The summed E-state index contributed by atoms with van der Waals surface area (Å²) < 4.78 is 7.44. The van der Waals surface area contributed by atoms with Crippen LogP contribution in [0.2, 0.25) is 0 Å². The van der Waals surface area contributed by atoms with Gasteiger partial charge in [0.25, 0.3) is 0 Å². The van der Waals surface area contributed by atoms with E-state index in [2.05, 4.69) is 33.3 Å². The van der Waals surface area contributed by atoms with Crippen LogP contribution < -0.4 is 5.32 Å². The predicted molar refractivity (Wildman–Crippen MR) is 166 cm³/mol. The van der Waals surface area contributed by atoms with Gasteiger partial charge in [0.1, 0.15) is 5.60 Å². The van der Waals surface area contributed by atoms with E-state index in [0.29, 0.717) is 29.8 Å². The molecule has 2 amide bonds. The summed E-state index contributed by atoms with van der Waals surface area (Å²) in [6.07, 6.45) is 7.41. The lowest BCUT2D eigenvalue weighted by Crippen LogP contribution is -2.46. The molecule has 1 aromatic carbocycles. The van der Waals surface area contributed by atoms with E-state index in [1.807, 2.05) is 63.9 Å². The van der Waals surface area contributed by atoms with E-state index in [-0.39, 0.29) is 18.4 Å². The normalized spacial score (nSPS) is 19.1. The molecule has 1 N–H and O–H groups in total. The van der Waals surface area contributed by atoms with Gasteiger partial charge in [0.2, 0.25) is 0 Å². The molecular formula is C33H44N6O4. The molecule has 2 atom stereocenters. The van der Waals surface area contributed by atoms with E-state index in [0.717, 1.165) is 60.8 Å². The predicted octanol–water partition coefficient (Wildman–Crippen LogP) is 4.69. The number of esters is 1. The molecule has 2 aromatic heterocycles. The largest absolute Gasteiger partial charge is 0.460 e. The third kappa shape index (κ3) is 7.79. The Morgan fingerprint density at radius 3 is 2.56 bits per heavy atom. The minimum atomic E-state index is -0.680. The average molecular weight is 589 g/mol. The van der Waals surface area contributed by atoms with Gasteiger partial charge in [-0.15, -0.1) is 0 Å². The Morgan fingerprint density at radius 1 is 1.09 bits per heavy atom. The minimum absolute atomic E-state index is 0.0719. The maximum atomic E-state index is 13.6. The Balaban J connectivity index is 1.31. The zero-order chi connectivity index (χ0) is 30.9. The molecule has 5 rings (SSSR count). The van der Waals surface area contributed by atoms with Crippen LogP contribution in [0.5, 0.6) is 0 Å². The van der Waals surface area contributed by atoms with Gasteiger partial charge in [0.05, 0.1) is 42.1 Å². The first kappa shape index (κ1) is 30.7. The summed E-state index contributed by atoms with van der Waals surface area (Å²) in [5, 5.41) is 8.51. The fourth-order valence-electron chi connectivity index (χ4n) is 5.75. The summed E-state index contributed by atoms with van der Waals surface area (Å²) in [5.74, 6) is -0.977. The molecule has 43 heavy (non-hydrogen) atoms. The van der Waals surface area contributed by atoms with Crippen LogP contribution >= 0.6 is 0 Å². The highest BCUT2D eigenvalue weighted by molar-refractivity contribution is 6.39. The number of hydrogen-bond acceptors (Lipinski definition) is 7. The van der Waals surface area contributed by atoms with Gasteiger partial charge in [-0.2, -0.15) is 5.10 Å². The molecule has 10 nitrogen and oxygen atoms in total. The van der Waals surface area contributed by atoms with Gasteiger partial charge in [-0.3, -0.25) is 24.0 Å². The van der Waals surface area contributed by atoms with Gasteiger partial charge in [0.15, 0.2) is 0 Å². The molecule has 3 heterocycles. The van der Waals surface area contributed by atoms with Crippen LogP contribution in [0.1, 0.15) is 82.2 Å². The lowest BCUT2D eigenvalue weighted by Gasteiger charge is -2.38. The number of carbonyl (C=O) groups is 3. The summed E-state index contributed by atoms with van der Waals surface area (Å²) in [6.45, 7) is 9.82. The van der Waals surface area contributed by atoms with Crippen LogP contribution in [-0.2, 0) is 32.1 Å². The first-order valence-corrected chi connectivity index (χ1v) is 15.3. The Kier molecular flexibility index (Phi) is 8.87. The smallest absolute Gasteiger partial charge is 0.313 e. The highest BCUT2D eigenvalue weighted by Gasteiger charge is 2.35. The lowest BCUT2D eigenvalue weighted by atomic mass is 9.89. The van der Waals surface area contributed by atoms with E-state index in [4.69, 9.17) is 4.74 Å². The van der Waals surface area contributed by atoms with Crippen LogP contribution in [0.25, 0.3) is 10.9 Å². The number of rotatable bonds is 8. The Hall–Kier alpha value is -3.79. The van der Waals surface area contributed by atoms with Crippen LogP contribution in [0.4, 0.5) is 5.69 Å². The molecule has 0 spiro atoms. The first-order chi connectivity index (χ1) is 20.4. The second-order valence-electron chi connectivity index (χ2n) is 13.4. The van der Waals surface area contributed by atoms with E-state index in [1.54, 1.807) is 4.90 Å². The Bertz CT molecular complexity index is 1500. The number of ether oxygens (including phenoxy) is 1. The summed E-state index contributed by atoms with van der Waals surface area (Å²) in [5.41, 5.74) is 3.40. The zero-order valence-corrected chi connectivity index (χ0v) is 26.2. The highest BCUT2D eigenvalue weighted by atomic mass is 16.6. The third-order valence-corrected chi connectivity index (χ3v) is 8.02. The van der Waals surface area contributed by atoms with Crippen molar-refractivity contribution in [1.29, 1.82) is 0 Å². The first-order valence-electron chi connectivity index (χ1n) is 15.3. The number of pyridine rings is 1. The Morgan fingerprint density at radius 2 is 1.86 bits per heavy atom. The molecule has 0 unspecified atom stereocenters. The van der Waals surface area contributed by atoms with Crippen LogP contribution in [-0.4, -0.2) is 75.1 Å². The number of nitrogens with zero attached hydrogens (tertiary/aromatic N) is 5. The molecule has 2 fully saturated rings. The van der Waals surface area contributed by atoms with E-state index in [1.165, 1.54) is 6.20 Å². The molecule has 0 bridgehead atoms. The van der Waals surface area contributed by atoms with Gasteiger partial charge >= 0.3 is 17.8 Å². The fraction of sp³-hybridized carbons (Fsp3) is 0.545. The standard InChI is InChI=1S/C33H44N6O4/c1-21-7-12-29(23-10-11-27-24(15-23)20-38(36-27)14-13-37(5)6)39(19-21)32(42)31(41)35-25-16-26(22-8-9-22)28(34-18-25)17-30(40)43-33(2,3)4/h10-11,15-16,18,20-22,29H,7-9,12-14,17,19H2,1-6H3,(H,35,41)/t21-,29+/m0/s1. The highest BCUT2D eigenvalue weighted by Crippen LogP contribution is 2.42. The maximum absolute atomic E-state index is 13.6. The zero-order valence-electron chi connectivity index (χ0n) is 26.2. The van der Waals surface area contributed by atoms with E-state index >= 15 is 0 Å². The average Bonchev–Trinajstić information content (AvgIpc) is 3.69. The number of amides is 2. The van der Waals surface area contributed by atoms with Crippen molar-refractivity contribution in [2.75, 3.05) is 32.5 Å². The number of likely N-dealkylation sites (N-methyl/N-ethyl adjacent to an activating group) is 1. The third-order valence-electron chi connectivity index (χ3n) is 8.02. The summed E-state index contributed by atoms with van der Waals surface area (Å²) in [6, 6.07) is 7.79. The number of nitrogens with one attached hydrogen (secondary N) is 1. The van der Waals surface area contributed by atoms with Gasteiger partial charge in [-0.05, 0) is 102 Å². The quantitative estimate of drug-likeness (QED) is 0.300. The molecule has 1 saturated carbocycles. The SMILES string of the molecule is C[C@H]1CC[C@H](c2ccc3nn(CCN(C)C)cc3c2)N(C(=O)C(=O)Nc2cnc(CC(=O)OC(C)(C)C)c(C3CC3)c2)C1. The number of likely N-dealkylation sites (tertiary alicyclic amines) is 1. The van der Waals surface area contributed by atoms with Crippen molar-refractivity contribution >= 4 is 34.4 Å². The topological polar surface area (TPSA) is 110 Å². The van der Waals surface area contributed by atoms with Gasteiger partial charge in [-0.1, -0.05) is 13.0 Å². The van der Waals surface area contributed by atoms with Gasteiger partial charge in [-0.25, -0.2) is 0 Å². The number of aromatic nitrogens is 3. The summed E-state index contributed by atoms with van der Waals surface area (Å²) in [7, 11) is 4.08. The Labute approximate surface area is 253 Å². The molecule has 0 radical (unpaired) electrons. The second kappa shape index (κ2) is 12.4. The molecule has 3 aromatic rings. The van der Waals surface area contributed by atoms with Gasteiger partial charge in [0, 0.05) is 24.7 Å². The molecule has 230 valence electrons. The van der Waals surface area contributed by atoms with Gasteiger partial charge < -0.3 is 19.9 Å². The number of fused-ring (bicyclic) bond motifs is 1. The second-order valence-corrected chi connectivity index (χ2v) is 13.4. The lowest BCUT2D eigenvalue weighted by molar-refractivity contribution is -0.154.